The molecule has 2 rings (SSSR count). The maximum atomic E-state index is 12.4. The minimum atomic E-state index is -4.28. The fourth-order valence-corrected chi connectivity index (χ4v) is 2.47. The Hall–Kier alpha value is -1.23. The van der Waals surface area contributed by atoms with E-state index in [0.29, 0.717) is 6.42 Å². The van der Waals surface area contributed by atoms with Gasteiger partial charge in [-0.1, -0.05) is 0 Å². The van der Waals surface area contributed by atoms with E-state index in [0.717, 1.165) is 37.2 Å². The molecule has 1 atom stereocenters. The summed E-state index contributed by atoms with van der Waals surface area (Å²) in [6, 6.07) is 5.50. The van der Waals surface area contributed by atoms with Crippen LogP contribution in [0.4, 0.5) is 18.9 Å². The zero-order chi connectivity index (χ0) is 13.2. The van der Waals surface area contributed by atoms with E-state index >= 15 is 0 Å². The van der Waals surface area contributed by atoms with Crippen LogP contribution in [0.1, 0.15) is 24.8 Å². The van der Waals surface area contributed by atoms with Gasteiger partial charge in [0.05, 0.1) is 5.56 Å². The smallest absolute Gasteiger partial charge is 0.396 e. The zero-order valence-electron chi connectivity index (χ0n) is 9.95. The van der Waals surface area contributed by atoms with E-state index in [9.17, 15) is 13.2 Å². The largest absolute Gasteiger partial charge is 0.416 e. The SMILES string of the molecule is OCCC1CCCN1c1ccc(C(F)(F)F)cc1. The van der Waals surface area contributed by atoms with E-state index in [1.807, 2.05) is 0 Å². The highest BCUT2D eigenvalue weighted by Crippen LogP contribution is 2.32. The monoisotopic (exact) mass is 259 g/mol. The summed E-state index contributed by atoms with van der Waals surface area (Å²) in [6.45, 7) is 0.956. The third-order valence-corrected chi connectivity index (χ3v) is 3.37. The van der Waals surface area contributed by atoms with Crippen LogP contribution < -0.4 is 4.90 Å². The summed E-state index contributed by atoms with van der Waals surface area (Å²) in [5.41, 5.74) is 0.183. The van der Waals surface area contributed by atoms with Crippen LogP contribution in [0.3, 0.4) is 0 Å². The molecular weight excluding hydrogens is 243 g/mol. The Labute approximate surface area is 104 Å². The number of benzene rings is 1. The van der Waals surface area contributed by atoms with Crippen LogP contribution in [0.2, 0.25) is 0 Å². The van der Waals surface area contributed by atoms with Crippen LogP contribution in [0, 0.1) is 0 Å². The fraction of sp³-hybridized carbons (Fsp3) is 0.538. The van der Waals surface area contributed by atoms with Crippen LogP contribution in [0.25, 0.3) is 0 Å². The summed E-state index contributed by atoms with van der Waals surface area (Å²) < 4.78 is 37.3. The number of hydrogen-bond donors (Lipinski definition) is 1. The van der Waals surface area contributed by atoms with Crippen molar-refractivity contribution >= 4 is 5.69 Å². The van der Waals surface area contributed by atoms with Crippen molar-refractivity contribution in [2.24, 2.45) is 0 Å². The normalized spacial score (nSPS) is 20.4. The first-order chi connectivity index (χ1) is 8.52. The number of anilines is 1. The van der Waals surface area contributed by atoms with Crippen LogP contribution in [-0.2, 0) is 6.18 Å². The lowest BCUT2D eigenvalue weighted by atomic mass is 10.1. The molecule has 5 heteroatoms. The third kappa shape index (κ3) is 2.77. The molecular formula is C13H16F3NO. The van der Waals surface area contributed by atoms with Crippen molar-refractivity contribution < 1.29 is 18.3 Å². The fourth-order valence-electron chi connectivity index (χ4n) is 2.47. The van der Waals surface area contributed by atoms with Gasteiger partial charge < -0.3 is 10.0 Å². The van der Waals surface area contributed by atoms with Crippen LogP contribution >= 0.6 is 0 Å². The van der Waals surface area contributed by atoms with Gasteiger partial charge in [-0.25, -0.2) is 0 Å². The first-order valence-corrected chi connectivity index (χ1v) is 6.07. The highest BCUT2D eigenvalue weighted by molar-refractivity contribution is 5.49. The maximum absolute atomic E-state index is 12.4. The molecule has 1 fully saturated rings. The van der Waals surface area contributed by atoms with Crippen molar-refractivity contribution in [1.29, 1.82) is 0 Å². The predicted octanol–water partition coefficient (Wildman–Crippen LogP) is 3.06. The molecule has 0 amide bonds. The summed E-state index contributed by atoms with van der Waals surface area (Å²) in [4.78, 5) is 2.08. The first-order valence-electron chi connectivity index (χ1n) is 6.07. The van der Waals surface area contributed by atoms with E-state index < -0.39 is 11.7 Å². The van der Waals surface area contributed by atoms with Gasteiger partial charge in [-0.3, -0.25) is 0 Å². The molecule has 1 N–H and O–H groups in total. The molecule has 1 aromatic carbocycles. The Morgan fingerprint density at radius 2 is 1.89 bits per heavy atom. The van der Waals surface area contributed by atoms with Crippen molar-refractivity contribution in [1.82, 2.24) is 0 Å². The molecule has 1 saturated heterocycles. The molecule has 0 saturated carbocycles. The summed E-state index contributed by atoms with van der Waals surface area (Å²) >= 11 is 0. The number of halogens is 3. The Morgan fingerprint density at radius 3 is 2.44 bits per heavy atom. The van der Waals surface area contributed by atoms with Gasteiger partial charge in [0.2, 0.25) is 0 Å². The summed E-state index contributed by atoms with van der Waals surface area (Å²) in [6.07, 6.45) is -1.61. The second-order valence-electron chi connectivity index (χ2n) is 4.55. The van der Waals surface area contributed by atoms with Crippen LogP contribution in [0.15, 0.2) is 24.3 Å². The Balaban J connectivity index is 2.14. The van der Waals surface area contributed by atoms with E-state index in [-0.39, 0.29) is 12.6 Å². The standard InChI is InChI=1S/C13H16F3NO/c14-13(15,16)10-3-5-12(6-4-10)17-8-1-2-11(17)7-9-18/h3-6,11,18H,1-2,7-9H2. The van der Waals surface area contributed by atoms with Crippen molar-refractivity contribution in [3.8, 4) is 0 Å². The molecule has 1 unspecified atom stereocenters. The Kier molecular flexibility index (Phi) is 3.80. The van der Waals surface area contributed by atoms with Crippen molar-refractivity contribution in [2.45, 2.75) is 31.5 Å². The first kappa shape index (κ1) is 13.2. The van der Waals surface area contributed by atoms with E-state index in [4.69, 9.17) is 5.11 Å². The van der Waals surface area contributed by atoms with Gasteiger partial charge in [0, 0.05) is 24.9 Å². The second-order valence-corrected chi connectivity index (χ2v) is 4.55. The second kappa shape index (κ2) is 5.18. The molecule has 1 aromatic rings. The topological polar surface area (TPSA) is 23.5 Å². The van der Waals surface area contributed by atoms with E-state index in [1.54, 1.807) is 0 Å². The molecule has 0 aliphatic carbocycles. The van der Waals surface area contributed by atoms with Gasteiger partial charge >= 0.3 is 6.18 Å². The molecule has 100 valence electrons. The average Bonchev–Trinajstić information content (AvgIpc) is 2.77. The number of aliphatic hydroxyl groups excluding tert-OH is 1. The number of aliphatic hydroxyl groups is 1. The zero-order valence-corrected chi connectivity index (χ0v) is 9.95. The lowest BCUT2D eigenvalue weighted by Gasteiger charge is -2.26. The van der Waals surface area contributed by atoms with Crippen molar-refractivity contribution in [3.63, 3.8) is 0 Å². The molecule has 1 aliphatic rings. The number of nitrogens with zero attached hydrogens (tertiary/aromatic N) is 1. The molecule has 1 aliphatic heterocycles. The summed E-state index contributed by atoms with van der Waals surface area (Å²) in [5, 5.41) is 8.97. The summed E-state index contributed by atoms with van der Waals surface area (Å²) in [5.74, 6) is 0. The third-order valence-electron chi connectivity index (χ3n) is 3.37. The van der Waals surface area contributed by atoms with Crippen molar-refractivity contribution in [2.75, 3.05) is 18.1 Å². The predicted molar refractivity (Wildman–Crippen MR) is 63.5 cm³/mol. The van der Waals surface area contributed by atoms with E-state index in [2.05, 4.69) is 4.90 Å². The lowest BCUT2D eigenvalue weighted by molar-refractivity contribution is -0.137. The minimum Gasteiger partial charge on any atom is -0.396 e. The maximum Gasteiger partial charge on any atom is 0.416 e. The highest BCUT2D eigenvalue weighted by Gasteiger charge is 2.31. The Bertz CT molecular complexity index is 388. The van der Waals surface area contributed by atoms with Gasteiger partial charge in [0.1, 0.15) is 0 Å². The molecule has 0 bridgehead atoms. The van der Waals surface area contributed by atoms with Gasteiger partial charge in [0.25, 0.3) is 0 Å². The molecule has 1 heterocycles. The van der Waals surface area contributed by atoms with Gasteiger partial charge in [-0.2, -0.15) is 13.2 Å². The molecule has 0 spiro atoms. The Morgan fingerprint density at radius 1 is 1.22 bits per heavy atom. The lowest BCUT2D eigenvalue weighted by Crippen LogP contribution is -2.29. The van der Waals surface area contributed by atoms with Gasteiger partial charge in [0.15, 0.2) is 0 Å². The molecule has 0 aromatic heterocycles. The van der Waals surface area contributed by atoms with Crippen molar-refractivity contribution in [3.05, 3.63) is 29.8 Å². The quantitative estimate of drug-likeness (QED) is 0.901. The molecule has 0 radical (unpaired) electrons. The average molecular weight is 259 g/mol. The number of rotatable bonds is 3. The number of alkyl halides is 3. The summed E-state index contributed by atoms with van der Waals surface area (Å²) in [7, 11) is 0. The van der Waals surface area contributed by atoms with Crippen LogP contribution in [0.5, 0.6) is 0 Å². The number of hydrogen-bond acceptors (Lipinski definition) is 2. The van der Waals surface area contributed by atoms with Gasteiger partial charge in [-0.15, -0.1) is 0 Å². The highest BCUT2D eigenvalue weighted by atomic mass is 19.4. The van der Waals surface area contributed by atoms with Gasteiger partial charge in [-0.05, 0) is 43.5 Å². The van der Waals surface area contributed by atoms with Crippen LogP contribution in [-0.4, -0.2) is 24.3 Å². The molecule has 18 heavy (non-hydrogen) atoms. The minimum absolute atomic E-state index is 0.113. The molecule has 2 nitrogen and oxygen atoms in total. The van der Waals surface area contributed by atoms with E-state index in [1.165, 1.54) is 12.1 Å².